The minimum atomic E-state index is -0.438. The SMILES string of the molecule is COc1ccc(Cl)cc1CSc1c([N+](=O)[O-])nc(C)n1Cc1ccccc1. The van der Waals surface area contributed by atoms with Gasteiger partial charge in [0.05, 0.1) is 13.7 Å². The van der Waals surface area contributed by atoms with Crippen LogP contribution in [0.1, 0.15) is 17.0 Å². The number of aromatic nitrogens is 2. The molecule has 0 radical (unpaired) electrons. The van der Waals surface area contributed by atoms with E-state index in [1.807, 2.05) is 41.0 Å². The van der Waals surface area contributed by atoms with E-state index in [4.69, 9.17) is 16.3 Å². The minimum Gasteiger partial charge on any atom is -0.496 e. The van der Waals surface area contributed by atoms with E-state index in [0.717, 1.165) is 11.1 Å². The molecule has 27 heavy (non-hydrogen) atoms. The van der Waals surface area contributed by atoms with Crippen molar-refractivity contribution in [3.8, 4) is 5.75 Å². The molecular formula is C19H18ClN3O3S. The number of thioether (sulfide) groups is 1. The average molecular weight is 404 g/mol. The fraction of sp³-hybridized carbons (Fsp3) is 0.211. The summed E-state index contributed by atoms with van der Waals surface area (Å²) in [6.45, 7) is 2.29. The zero-order valence-electron chi connectivity index (χ0n) is 14.9. The highest BCUT2D eigenvalue weighted by atomic mass is 35.5. The minimum absolute atomic E-state index is 0.130. The van der Waals surface area contributed by atoms with E-state index in [1.165, 1.54) is 11.8 Å². The van der Waals surface area contributed by atoms with Crippen molar-refractivity contribution in [1.82, 2.24) is 9.55 Å². The maximum atomic E-state index is 11.5. The van der Waals surface area contributed by atoms with Crippen molar-refractivity contribution in [2.45, 2.75) is 24.2 Å². The predicted octanol–water partition coefficient (Wildman–Crippen LogP) is 5.10. The summed E-state index contributed by atoms with van der Waals surface area (Å²) in [5.74, 6) is 1.64. The molecule has 140 valence electrons. The second kappa shape index (κ2) is 8.45. The Morgan fingerprint density at radius 2 is 2.00 bits per heavy atom. The van der Waals surface area contributed by atoms with Gasteiger partial charge in [-0.25, -0.2) is 0 Å². The number of aryl methyl sites for hydroxylation is 1. The van der Waals surface area contributed by atoms with Gasteiger partial charge in [-0.1, -0.05) is 53.7 Å². The molecule has 0 N–H and O–H groups in total. The summed E-state index contributed by atoms with van der Waals surface area (Å²) in [6.07, 6.45) is 0. The van der Waals surface area contributed by atoms with Crippen LogP contribution in [0.3, 0.4) is 0 Å². The largest absolute Gasteiger partial charge is 0.496 e. The zero-order chi connectivity index (χ0) is 19.4. The lowest BCUT2D eigenvalue weighted by atomic mass is 10.2. The summed E-state index contributed by atoms with van der Waals surface area (Å²) in [5, 5.41) is 12.6. The Bertz CT molecular complexity index is 960. The number of methoxy groups -OCH3 is 1. The smallest absolute Gasteiger partial charge is 0.396 e. The average Bonchev–Trinajstić information content (AvgIpc) is 2.97. The number of benzene rings is 2. The van der Waals surface area contributed by atoms with E-state index >= 15 is 0 Å². The van der Waals surface area contributed by atoms with Crippen LogP contribution >= 0.6 is 23.4 Å². The van der Waals surface area contributed by atoms with Crippen LogP contribution in [0.4, 0.5) is 5.82 Å². The van der Waals surface area contributed by atoms with Gasteiger partial charge >= 0.3 is 5.82 Å². The van der Waals surface area contributed by atoms with Crippen molar-refractivity contribution in [2.75, 3.05) is 7.11 Å². The molecule has 0 unspecified atom stereocenters. The van der Waals surface area contributed by atoms with Crippen LogP contribution in [-0.2, 0) is 12.3 Å². The topological polar surface area (TPSA) is 70.2 Å². The van der Waals surface area contributed by atoms with Gasteiger partial charge in [0.2, 0.25) is 5.82 Å². The summed E-state index contributed by atoms with van der Waals surface area (Å²) in [7, 11) is 1.59. The quantitative estimate of drug-likeness (QED) is 0.311. The molecule has 6 nitrogen and oxygen atoms in total. The number of hydrogen-bond donors (Lipinski definition) is 0. The Kier molecular flexibility index (Phi) is 6.03. The number of nitrogens with zero attached hydrogens (tertiary/aromatic N) is 3. The maximum absolute atomic E-state index is 11.5. The van der Waals surface area contributed by atoms with Gasteiger partial charge < -0.3 is 14.9 Å². The van der Waals surface area contributed by atoms with E-state index in [1.54, 1.807) is 26.2 Å². The first-order chi connectivity index (χ1) is 13.0. The van der Waals surface area contributed by atoms with Crippen molar-refractivity contribution in [3.05, 3.63) is 80.6 Å². The molecule has 0 fully saturated rings. The number of nitro groups is 1. The van der Waals surface area contributed by atoms with Gasteiger partial charge in [-0.15, -0.1) is 0 Å². The molecule has 3 rings (SSSR count). The number of halogens is 1. The summed E-state index contributed by atoms with van der Waals surface area (Å²) >= 11 is 7.44. The van der Waals surface area contributed by atoms with Crippen molar-refractivity contribution in [2.24, 2.45) is 0 Å². The predicted molar refractivity (Wildman–Crippen MR) is 107 cm³/mol. The second-order valence-electron chi connectivity index (χ2n) is 5.86. The first-order valence-corrected chi connectivity index (χ1v) is 9.56. The molecule has 2 aromatic carbocycles. The Hall–Kier alpha value is -2.51. The highest BCUT2D eigenvalue weighted by molar-refractivity contribution is 7.98. The third kappa shape index (κ3) is 4.43. The van der Waals surface area contributed by atoms with Gasteiger partial charge in [0.1, 0.15) is 5.75 Å². The molecule has 0 spiro atoms. The van der Waals surface area contributed by atoms with E-state index in [0.29, 0.717) is 33.9 Å². The Morgan fingerprint density at radius 1 is 1.26 bits per heavy atom. The molecule has 0 amide bonds. The third-order valence-electron chi connectivity index (χ3n) is 4.06. The maximum Gasteiger partial charge on any atom is 0.396 e. The molecule has 0 aliphatic carbocycles. The summed E-state index contributed by atoms with van der Waals surface area (Å²) < 4.78 is 7.24. The summed E-state index contributed by atoms with van der Waals surface area (Å²) in [6, 6.07) is 15.1. The van der Waals surface area contributed by atoms with Crippen LogP contribution in [0.2, 0.25) is 5.02 Å². The first kappa shape index (κ1) is 19.3. The fourth-order valence-electron chi connectivity index (χ4n) is 2.75. The van der Waals surface area contributed by atoms with Gasteiger partial charge in [-0.05, 0) is 33.7 Å². The van der Waals surface area contributed by atoms with Gasteiger partial charge in [0, 0.05) is 23.3 Å². The molecule has 0 saturated heterocycles. The fourth-order valence-corrected chi connectivity index (χ4v) is 4.06. The molecular weight excluding hydrogens is 386 g/mol. The van der Waals surface area contributed by atoms with Crippen LogP contribution < -0.4 is 4.74 Å². The molecule has 1 heterocycles. The number of rotatable bonds is 7. The lowest BCUT2D eigenvalue weighted by Crippen LogP contribution is -2.04. The van der Waals surface area contributed by atoms with Crippen molar-refractivity contribution < 1.29 is 9.66 Å². The molecule has 0 atom stereocenters. The van der Waals surface area contributed by atoms with Gasteiger partial charge in [-0.2, -0.15) is 0 Å². The van der Waals surface area contributed by atoms with Gasteiger partial charge in [-0.3, -0.25) is 4.57 Å². The Labute approximate surface area is 166 Å². The lowest BCUT2D eigenvalue weighted by molar-refractivity contribution is -0.392. The monoisotopic (exact) mass is 403 g/mol. The Balaban J connectivity index is 1.94. The molecule has 0 aliphatic rings. The van der Waals surface area contributed by atoms with E-state index in [2.05, 4.69) is 4.98 Å². The molecule has 0 saturated carbocycles. The highest BCUT2D eigenvalue weighted by Gasteiger charge is 2.26. The van der Waals surface area contributed by atoms with E-state index in [-0.39, 0.29) is 5.82 Å². The van der Waals surface area contributed by atoms with Crippen molar-refractivity contribution in [1.29, 1.82) is 0 Å². The standard InChI is InChI=1S/C19H18ClN3O3S/c1-13-21-18(23(24)25)19(22(13)11-14-6-4-3-5-7-14)27-12-15-10-16(20)8-9-17(15)26-2/h3-10H,11-12H2,1-2H3. The summed E-state index contributed by atoms with van der Waals surface area (Å²) in [5.41, 5.74) is 1.92. The molecule has 8 heteroatoms. The highest BCUT2D eigenvalue weighted by Crippen LogP contribution is 2.35. The normalized spacial score (nSPS) is 10.8. The number of ether oxygens (including phenoxy) is 1. The number of imidazole rings is 1. The van der Waals surface area contributed by atoms with Crippen LogP contribution in [0, 0.1) is 17.0 Å². The van der Waals surface area contributed by atoms with Crippen LogP contribution in [0.15, 0.2) is 53.6 Å². The zero-order valence-corrected chi connectivity index (χ0v) is 16.5. The van der Waals surface area contributed by atoms with Crippen LogP contribution in [0.5, 0.6) is 5.75 Å². The molecule has 1 aromatic heterocycles. The summed E-state index contributed by atoms with van der Waals surface area (Å²) in [4.78, 5) is 15.2. The van der Waals surface area contributed by atoms with Crippen molar-refractivity contribution >= 4 is 29.2 Å². The van der Waals surface area contributed by atoms with Gasteiger partial charge in [0.25, 0.3) is 0 Å². The molecule has 0 aliphatic heterocycles. The Morgan fingerprint density at radius 3 is 2.67 bits per heavy atom. The van der Waals surface area contributed by atoms with E-state index < -0.39 is 4.92 Å². The van der Waals surface area contributed by atoms with Crippen LogP contribution in [0.25, 0.3) is 0 Å². The lowest BCUT2D eigenvalue weighted by Gasteiger charge is -2.11. The first-order valence-electron chi connectivity index (χ1n) is 8.20. The second-order valence-corrected chi connectivity index (χ2v) is 7.26. The molecule has 0 bridgehead atoms. The number of hydrogen-bond acceptors (Lipinski definition) is 5. The van der Waals surface area contributed by atoms with E-state index in [9.17, 15) is 10.1 Å². The van der Waals surface area contributed by atoms with Gasteiger partial charge in [0.15, 0.2) is 5.03 Å². The van der Waals surface area contributed by atoms with Crippen LogP contribution in [-0.4, -0.2) is 21.6 Å². The third-order valence-corrected chi connectivity index (χ3v) is 5.42. The molecule has 3 aromatic rings. The van der Waals surface area contributed by atoms with Crippen molar-refractivity contribution in [3.63, 3.8) is 0 Å².